The van der Waals surface area contributed by atoms with Gasteiger partial charge in [0, 0.05) is 22.8 Å². The van der Waals surface area contributed by atoms with Crippen LogP contribution in [-0.4, -0.2) is 14.0 Å². The van der Waals surface area contributed by atoms with Crippen LogP contribution < -0.4 is 0 Å². The molecule has 0 aliphatic rings. The molecule has 2 aromatic carbocycles. The average molecular weight is 377 g/mol. The van der Waals surface area contributed by atoms with Gasteiger partial charge in [-0.2, -0.15) is 0 Å². The lowest BCUT2D eigenvalue weighted by Gasteiger charge is -2.00. The van der Waals surface area contributed by atoms with E-state index in [1.807, 2.05) is 12.1 Å². The number of hydrogen-bond donors (Lipinski definition) is 0. The number of rotatable bonds is 2. The van der Waals surface area contributed by atoms with Crippen molar-refractivity contribution < 1.29 is 0 Å². The van der Waals surface area contributed by atoms with Gasteiger partial charge in [-0.1, -0.05) is 40.2 Å². The van der Waals surface area contributed by atoms with Gasteiger partial charge >= 0.3 is 0 Å². The van der Waals surface area contributed by atoms with Gasteiger partial charge in [-0.25, -0.2) is 4.98 Å². The summed E-state index contributed by atoms with van der Waals surface area (Å²) in [5, 5.41) is 0. The van der Waals surface area contributed by atoms with Crippen LogP contribution in [0.2, 0.25) is 0 Å². The van der Waals surface area contributed by atoms with E-state index in [1.54, 1.807) is 0 Å². The van der Waals surface area contributed by atoms with Crippen LogP contribution in [0.1, 0.15) is 6.92 Å². The van der Waals surface area contributed by atoms with Crippen LogP contribution in [0, 0.1) is 0 Å². The van der Waals surface area contributed by atoms with Gasteiger partial charge in [0.25, 0.3) is 0 Å². The number of hydrogen-bond acceptors (Lipinski definition) is 1. The molecule has 2 aromatic heterocycles. The van der Waals surface area contributed by atoms with Crippen LogP contribution in [-0.2, 0) is 6.54 Å². The zero-order valence-corrected chi connectivity index (χ0v) is 14.4. The summed E-state index contributed by atoms with van der Waals surface area (Å²) < 4.78 is 5.51. The summed E-state index contributed by atoms with van der Waals surface area (Å²) in [6, 6.07) is 16.7. The molecule has 0 radical (unpaired) electrons. The Bertz CT molecular complexity index is 938. The summed E-state index contributed by atoms with van der Waals surface area (Å²) >= 11 is 3.47. The third kappa shape index (κ3) is 2.23. The van der Waals surface area contributed by atoms with Crippen molar-refractivity contribution in [3.63, 3.8) is 0 Å². The lowest BCUT2D eigenvalue weighted by Crippen LogP contribution is -1.94. The van der Waals surface area contributed by atoms with Gasteiger partial charge in [-0.3, -0.25) is 4.40 Å². The van der Waals surface area contributed by atoms with Crippen molar-refractivity contribution in [2.45, 2.75) is 13.5 Å². The fourth-order valence-corrected chi connectivity index (χ4v) is 3.08. The molecule has 22 heavy (non-hydrogen) atoms. The molecule has 0 saturated carbocycles. The normalized spacial score (nSPS) is 11.0. The highest BCUT2D eigenvalue weighted by molar-refractivity contribution is 9.10. The maximum Gasteiger partial charge on any atom is 0.215 e. The van der Waals surface area contributed by atoms with Crippen LogP contribution in [0.15, 0.2) is 59.2 Å². The van der Waals surface area contributed by atoms with Gasteiger partial charge in [-0.05, 0) is 31.2 Å². The molecule has 0 aliphatic carbocycles. The third-order valence-electron chi connectivity index (χ3n) is 3.82. The van der Waals surface area contributed by atoms with E-state index in [9.17, 15) is 0 Å². The molecule has 0 amide bonds. The number of aryl methyl sites for hydroxylation is 1. The number of benzene rings is 2. The highest BCUT2D eigenvalue weighted by Crippen LogP contribution is 2.26. The van der Waals surface area contributed by atoms with Gasteiger partial charge < -0.3 is 4.57 Å². The number of imidazole rings is 2. The lowest BCUT2D eigenvalue weighted by molar-refractivity contribution is 0.807. The van der Waals surface area contributed by atoms with Crippen LogP contribution >= 0.6 is 28.3 Å². The van der Waals surface area contributed by atoms with Crippen molar-refractivity contribution in [2.75, 3.05) is 0 Å². The number of nitrogens with zero attached hydrogens (tertiary/aromatic N) is 3. The van der Waals surface area contributed by atoms with Gasteiger partial charge in [0.05, 0.1) is 16.7 Å². The molecule has 112 valence electrons. The molecule has 4 rings (SSSR count). The minimum atomic E-state index is 0. The molecule has 0 fully saturated rings. The molecule has 4 aromatic rings. The summed E-state index contributed by atoms with van der Waals surface area (Å²) in [4.78, 5) is 4.83. The van der Waals surface area contributed by atoms with Crippen LogP contribution in [0.3, 0.4) is 0 Å². The molecule has 0 spiro atoms. The minimum Gasteiger partial charge on any atom is -0.310 e. The van der Waals surface area contributed by atoms with E-state index in [1.165, 1.54) is 11.0 Å². The minimum absolute atomic E-state index is 0. The number of para-hydroxylation sites is 2. The number of aromatic nitrogens is 3. The van der Waals surface area contributed by atoms with Crippen molar-refractivity contribution in [1.82, 2.24) is 14.0 Å². The predicted octanol–water partition coefficient (Wildman–Crippen LogP) is 5.16. The maximum absolute atomic E-state index is 4.83. The molecule has 0 atom stereocenters. The summed E-state index contributed by atoms with van der Waals surface area (Å²) in [6.07, 6.45) is 2.12. The topological polar surface area (TPSA) is 22.2 Å². The van der Waals surface area contributed by atoms with Gasteiger partial charge in [0.15, 0.2) is 0 Å². The van der Waals surface area contributed by atoms with Crippen molar-refractivity contribution in [3.05, 3.63) is 59.2 Å². The van der Waals surface area contributed by atoms with Gasteiger partial charge in [-0.15, -0.1) is 12.4 Å². The van der Waals surface area contributed by atoms with E-state index < -0.39 is 0 Å². The fraction of sp³-hybridized carbons (Fsp3) is 0.118. The Morgan fingerprint density at radius 2 is 1.68 bits per heavy atom. The summed E-state index contributed by atoms with van der Waals surface area (Å²) in [5.74, 6) is 0.997. The molecular weight excluding hydrogens is 362 g/mol. The highest BCUT2D eigenvalue weighted by atomic mass is 79.9. The molecule has 3 nitrogen and oxygen atoms in total. The first-order valence-electron chi connectivity index (χ1n) is 7.00. The second-order valence-electron chi connectivity index (χ2n) is 5.04. The van der Waals surface area contributed by atoms with E-state index in [4.69, 9.17) is 4.98 Å². The van der Waals surface area contributed by atoms with E-state index >= 15 is 0 Å². The van der Waals surface area contributed by atoms with Gasteiger partial charge in [0.1, 0.15) is 0 Å². The standard InChI is InChI=1S/C17H14BrN3.ClH/c1-2-20-15-5-3-4-6-16(15)21-11-14(19-17(20)21)12-7-9-13(18)10-8-12;/h3-11H,2H2,1H3;1H. The largest absolute Gasteiger partial charge is 0.310 e. The van der Waals surface area contributed by atoms with E-state index in [0.29, 0.717) is 0 Å². The Labute approximate surface area is 143 Å². The number of halogens is 2. The summed E-state index contributed by atoms with van der Waals surface area (Å²) in [5.41, 5.74) is 4.56. The summed E-state index contributed by atoms with van der Waals surface area (Å²) in [6.45, 7) is 3.06. The second kappa shape index (κ2) is 5.78. The van der Waals surface area contributed by atoms with E-state index in [0.717, 1.165) is 28.1 Å². The average Bonchev–Trinajstić information content (AvgIpc) is 3.05. The molecule has 5 heteroatoms. The monoisotopic (exact) mass is 375 g/mol. The molecule has 2 heterocycles. The lowest BCUT2D eigenvalue weighted by atomic mass is 10.2. The first kappa shape index (κ1) is 15.1. The van der Waals surface area contributed by atoms with Crippen LogP contribution in [0.5, 0.6) is 0 Å². The quantitative estimate of drug-likeness (QED) is 0.473. The second-order valence-corrected chi connectivity index (χ2v) is 5.95. The highest BCUT2D eigenvalue weighted by Gasteiger charge is 2.13. The molecular formula is C17H15BrClN3. The molecule has 0 N–H and O–H groups in total. The Balaban J connectivity index is 0.00000144. The Kier molecular flexibility index (Phi) is 3.98. The molecule has 0 bridgehead atoms. The van der Waals surface area contributed by atoms with E-state index in [-0.39, 0.29) is 12.4 Å². The molecule has 0 saturated heterocycles. The van der Waals surface area contributed by atoms with Crippen molar-refractivity contribution >= 4 is 45.1 Å². The molecule has 0 aliphatic heterocycles. The Hall–Kier alpha value is -1.78. The first-order chi connectivity index (χ1) is 10.3. The van der Waals surface area contributed by atoms with Crippen molar-refractivity contribution in [1.29, 1.82) is 0 Å². The zero-order valence-electron chi connectivity index (χ0n) is 12.0. The summed E-state index contributed by atoms with van der Waals surface area (Å²) in [7, 11) is 0. The van der Waals surface area contributed by atoms with E-state index in [2.05, 4.69) is 74.4 Å². The Morgan fingerprint density at radius 1 is 1.00 bits per heavy atom. The predicted molar refractivity (Wildman–Crippen MR) is 96.7 cm³/mol. The van der Waals surface area contributed by atoms with Crippen molar-refractivity contribution in [2.24, 2.45) is 0 Å². The third-order valence-corrected chi connectivity index (χ3v) is 4.35. The fourth-order valence-electron chi connectivity index (χ4n) is 2.81. The Morgan fingerprint density at radius 3 is 2.36 bits per heavy atom. The first-order valence-corrected chi connectivity index (χ1v) is 7.79. The van der Waals surface area contributed by atoms with Gasteiger partial charge in [0.2, 0.25) is 5.78 Å². The van der Waals surface area contributed by atoms with Crippen molar-refractivity contribution in [3.8, 4) is 11.3 Å². The van der Waals surface area contributed by atoms with Crippen LogP contribution in [0.25, 0.3) is 28.1 Å². The zero-order chi connectivity index (χ0) is 14.4. The van der Waals surface area contributed by atoms with Crippen LogP contribution in [0.4, 0.5) is 0 Å². The SMILES string of the molecule is CCn1c2ccccc2n2cc(-c3ccc(Br)cc3)nc12.Cl. The molecule has 0 unspecified atom stereocenters. The smallest absolute Gasteiger partial charge is 0.215 e. The number of fused-ring (bicyclic) bond motifs is 3. The maximum atomic E-state index is 4.83.